The summed E-state index contributed by atoms with van der Waals surface area (Å²) in [5, 5.41) is 25.7. The molecule has 126 valence electrons. The molecule has 0 aliphatic rings. The molecule has 3 aromatic rings. The molecule has 0 aliphatic carbocycles. The predicted molar refractivity (Wildman–Crippen MR) is 85.3 cm³/mol. The third kappa shape index (κ3) is 3.18. The number of carbonyl (C=O) groups excluding carboxylic acids is 1. The Morgan fingerprint density at radius 1 is 1.20 bits per heavy atom. The average molecular weight is 339 g/mol. The van der Waals surface area contributed by atoms with Gasteiger partial charge in [-0.2, -0.15) is 0 Å². The molecule has 0 spiro atoms. The van der Waals surface area contributed by atoms with E-state index in [0.717, 1.165) is 0 Å². The van der Waals surface area contributed by atoms with Crippen LogP contribution in [-0.2, 0) is 0 Å². The first-order chi connectivity index (χ1) is 12.0. The van der Waals surface area contributed by atoms with Gasteiger partial charge in [0.1, 0.15) is 11.5 Å². The number of rotatable bonds is 5. The first-order valence-corrected chi connectivity index (χ1v) is 7.16. The second-order valence-corrected chi connectivity index (χ2v) is 5.11. The van der Waals surface area contributed by atoms with Gasteiger partial charge in [0, 0.05) is 11.1 Å². The summed E-state index contributed by atoms with van der Waals surface area (Å²) in [6.45, 7) is 1.47. The molecule has 8 nitrogen and oxygen atoms in total. The molecule has 2 heterocycles. The van der Waals surface area contributed by atoms with Crippen LogP contribution in [0.4, 0.5) is 5.69 Å². The van der Waals surface area contributed by atoms with Crippen molar-refractivity contribution in [1.82, 2.24) is 5.16 Å². The second-order valence-electron chi connectivity index (χ2n) is 5.11. The molecule has 0 bridgehead atoms. The highest BCUT2D eigenvalue weighted by Crippen LogP contribution is 2.28. The van der Waals surface area contributed by atoms with Crippen LogP contribution in [0.25, 0.3) is 23.5 Å². The van der Waals surface area contributed by atoms with Crippen molar-refractivity contribution < 1.29 is 23.8 Å². The zero-order chi connectivity index (χ0) is 18.0. The molecule has 3 rings (SSSR count). The lowest BCUT2D eigenvalue weighted by molar-refractivity contribution is -0.386. The molecule has 0 aliphatic heterocycles. The summed E-state index contributed by atoms with van der Waals surface area (Å²) in [6.07, 6.45) is 2.84. The van der Waals surface area contributed by atoms with Crippen LogP contribution in [0.5, 0.6) is 0 Å². The zero-order valence-electron chi connectivity index (χ0n) is 13.0. The minimum absolute atomic E-state index is 0.00409. The molecular weight excluding hydrogens is 328 g/mol. The third-order valence-corrected chi connectivity index (χ3v) is 3.48. The highest BCUT2D eigenvalue weighted by atomic mass is 16.6. The van der Waals surface area contributed by atoms with Gasteiger partial charge in [0.05, 0.1) is 10.9 Å². The number of carboxylic acids is 1. The number of furan rings is 1. The van der Waals surface area contributed by atoms with Crippen molar-refractivity contribution in [2.24, 2.45) is 0 Å². The van der Waals surface area contributed by atoms with E-state index in [1.807, 2.05) is 0 Å². The van der Waals surface area contributed by atoms with Crippen molar-refractivity contribution in [3.8, 4) is 11.3 Å². The SMILES string of the molecule is Cc1noc(/C=C/c2ccc(-c3ccccc3C(=O)[O-])o2)c1[N+](=O)[O-]. The minimum atomic E-state index is -1.31. The van der Waals surface area contributed by atoms with E-state index in [1.165, 1.54) is 25.1 Å². The largest absolute Gasteiger partial charge is 0.545 e. The summed E-state index contributed by atoms with van der Waals surface area (Å²) in [7, 11) is 0. The number of nitro groups is 1. The summed E-state index contributed by atoms with van der Waals surface area (Å²) in [4.78, 5) is 21.6. The van der Waals surface area contributed by atoms with Crippen LogP contribution < -0.4 is 5.11 Å². The summed E-state index contributed by atoms with van der Waals surface area (Å²) >= 11 is 0. The van der Waals surface area contributed by atoms with Crippen LogP contribution in [0.1, 0.15) is 27.6 Å². The lowest BCUT2D eigenvalue weighted by Gasteiger charge is -2.07. The molecule has 0 saturated carbocycles. The summed E-state index contributed by atoms with van der Waals surface area (Å²) < 4.78 is 10.5. The number of hydrogen-bond donors (Lipinski definition) is 0. The molecule has 0 N–H and O–H groups in total. The first-order valence-electron chi connectivity index (χ1n) is 7.16. The smallest absolute Gasteiger partial charge is 0.338 e. The van der Waals surface area contributed by atoms with Crippen molar-refractivity contribution in [1.29, 1.82) is 0 Å². The normalized spacial score (nSPS) is 11.1. The van der Waals surface area contributed by atoms with Gasteiger partial charge in [-0.25, -0.2) is 0 Å². The highest BCUT2D eigenvalue weighted by molar-refractivity contribution is 5.93. The molecule has 0 unspecified atom stereocenters. The van der Waals surface area contributed by atoms with Crippen LogP contribution in [0.3, 0.4) is 0 Å². The van der Waals surface area contributed by atoms with E-state index in [4.69, 9.17) is 8.94 Å². The van der Waals surface area contributed by atoms with Crippen molar-refractivity contribution in [3.63, 3.8) is 0 Å². The van der Waals surface area contributed by atoms with E-state index in [0.29, 0.717) is 17.1 Å². The highest BCUT2D eigenvalue weighted by Gasteiger charge is 2.22. The Balaban J connectivity index is 1.91. The molecular formula is C17H11N2O6-. The molecule has 0 amide bonds. The van der Waals surface area contributed by atoms with Crippen molar-refractivity contribution >= 4 is 23.8 Å². The number of aryl methyl sites for hydroxylation is 1. The number of hydrogen-bond acceptors (Lipinski definition) is 7. The van der Waals surface area contributed by atoms with Gasteiger partial charge in [-0.3, -0.25) is 10.1 Å². The van der Waals surface area contributed by atoms with E-state index in [-0.39, 0.29) is 22.7 Å². The molecule has 0 atom stereocenters. The van der Waals surface area contributed by atoms with Gasteiger partial charge >= 0.3 is 5.69 Å². The fourth-order valence-electron chi connectivity index (χ4n) is 2.33. The van der Waals surface area contributed by atoms with Crippen molar-refractivity contribution in [2.75, 3.05) is 0 Å². The van der Waals surface area contributed by atoms with Crippen LogP contribution >= 0.6 is 0 Å². The van der Waals surface area contributed by atoms with Crippen molar-refractivity contribution in [3.05, 3.63) is 69.3 Å². The summed E-state index contributed by atoms with van der Waals surface area (Å²) in [5.74, 6) is -0.610. The fourth-order valence-corrected chi connectivity index (χ4v) is 2.33. The molecule has 0 saturated heterocycles. The lowest BCUT2D eigenvalue weighted by atomic mass is 10.1. The van der Waals surface area contributed by atoms with Gasteiger partial charge < -0.3 is 18.8 Å². The van der Waals surface area contributed by atoms with Gasteiger partial charge in [0.15, 0.2) is 5.69 Å². The minimum Gasteiger partial charge on any atom is -0.545 e. The summed E-state index contributed by atoms with van der Waals surface area (Å²) in [5.41, 5.74) is 0.343. The Kier molecular flexibility index (Phi) is 4.17. The van der Waals surface area contributed by atoms with E-state index in [9.17, 15) is 20.0 Å². The Labute approximate surface area is 141 Å². The van der Waals surface area contributed by atoms with Gasteiger partial charge in [0.25, 0.3) is 0 Å². The van der Waals surface area contributed by atoms with E-state index in [2.05, 4.69) is 5.16 Å². The van der Waals surface area contributed by atoms with Gasteiger partial charge in [-0.1, -0.05) is 29.4 Å². The van der Waals surface area contributed by atoms with Gasteiger partial charge in [0.2, 0.25) is 5.76 Å². The standard InChI is InChI=1S/C17H12N2O6/c1-10-16(19(22)23)15(25-18-10)9-7-11-6-8-14(24-11)12-4-2-3-5-13(12)17(20)21/h2-9H,1H3,(H,20,21)/p-1/b9-7+. The van der Waals surface area contributed by atoms with Gasteiger partial charge in [-0.15, -0.1) is 0 Å². The van der Waals surface area contributed by atoms with Crippen LogP contribution in [0.15, 0.2) is 45.3 Å². The first kappa shape index (κ1) is 16.2. The molecule has 0 fully saturated rings. The number of benzene rings is 1. The van der Waals surface area contributed by atoms with E-state index >= 15 is 0 Å². The Hall–Kier alpha value is -3.68. The Bertz CT molecular complexity index is 983. The maximum atomic E-state index is 11.2. The van der Waals surface area contributed by atoms with Crippen molar-refractivity contribution in [2.45, 2.75) is 6.92 Å². The molecule has 1 aromatic carbocycles. The topological polar surface area (TPSA) is 122 Å². The lowest BCUT2D eigenvalue weighted by Crippen LogP contribution is -2.22. The monoisotopic (exact) mass is 339 g/mol. The number of nitrogens with zero attached hydrogens (tertiary/aromatic N) is 2. The maximum Gasteiger partial charge on any atom is 0.338 e. The molecule has 25 heavy (non-hydrogen) atoms. The second kappa shape index (κ2) is 6.44. The Morgan fingerprint density at radius 2 is 1.96 bits per heavy atom. The number of aromatic nitrogens is 1. The maximum absolute atomic E-state index is 11.2. The third-order valence-electron chi connectivity index (χ3n) is 3.48. The number of carbonyl (C=O) groups is 1. The van der Waals surface area contributed by atoms with Crippen LogP contribution in [0, 0.1) is 17.0 Å². The van der Waals surface area contributed by atoms with Gasteiger partial charge in [-0.05, 0) is 31.2 Å². The fraction of sp³-hybridized carbons (Fsp3) is 0.0588. The van der Waals surface area contributed by atoms with E-state index in [1.54, 1.807) is 30.3 Å². The average Bonchev–Trinajstić information content (AvgIpc) is 3.19. The number of aromatic carboxylic acids is 1. The van der Waals surface area contributed by atoms with Crippen LogP contribution in [-0.4, -0.2) is 16.0 Å². The predicted octanol–water partition coefficient (Wildman–Crippen LogP) is 2.69. The van der Waals surface area contributed by atoms with E-state index < -0.39 is 10.9 Å². The summed E-state index contributed by atoms with van der Waals surface area (Å²) in [6, 6.07) is 9.49. The molecule has 2 aromatic heterocycles. The molecule has 0 radical (unpaired) electrons. The Morgan fingerprint density at radius 3 is 2.68 bits per heavy atom. The molecule has 8 heteroatoms. The van der Waals surface area contributed by atoms with Crippen LogP contribution in [0.2, 0.25) is 0 Å². The quantitative estimate of drug-likeness (QED) is 0.517. The number of carboxylic acid groups (broad SMARTS) is 1. The zero-order valence-corrected chi connectivity index (χ0v) is 13.0.